The minimum atomic E-state index is -0.437. The van der Waals surface area contributed by atoms with Crippen LogP contribution in [0, 0.1) is 0 Å². The van der Waals surface area contributed by atoms with Gasteiger partial charge in [0.05, 0.1) is 32.0 Å². The summed E-state index contributed by atoms with van der Waals surface area (Å²) in [6.45, 7) is 0.729. The number of hydrogen-bond donors (Lipinski definition) is 2. The number of methoxy groups -OCH3 is 2. The van der Waals surface area contributed by atoms with Crippen LogP contribution in [-0.2, 0) is 17.7 Å². The third-order valence-electron chi connectivity index (χ3n) is 3.53. The van der Waals surface area contributed by atoms with Crippen LogP contribution in [0.2, 0.25) is 0 Å². The lowest BCUT2D eigenvalue weighted by atomic mass is 10.1. The van der Waals surface area contributed by atoms with Crippen molar-refractivity contribution in [2.45, 2.75) is 13.0 Å². The first kappa shape index (κ1) is 18.3. The maximum absolute atomic E-state index is 11.8. The summed E-state index contributed by atoms with van der Waals surface area (Å²) in [4.78, 5) is 27.4. The van der Waals surface area contributed by atoms with Crippen molar-refractivity contribution in [1.29, 1.82) is 0 Å². The van der Waals surface area contributed by atoms with Gasteiger partial charge in [0.15, 0.2) is 0 Å². The van der Waals surface area contributed by atoms with Crippen molar-refractivity contribution < 1.29 is 19.1 Å². The SMILES string of the molecule is COC(=O)c1ccnc(CNC(=O)NCCc2ccc(OC)cc2)c1. The van der Waals surface area contributed by atoms with Gasteiger partial charge < -0.3 is 20.1 Å². The fourth-order valence-corrected chi connectivity index (χ4v) is 2.17. The first-order chi connectivity index (χ1) is 12.1. The van der Waals surface area contributed by atoms with Gasteiger partial charge in [-0.15, -0.1) is 0 Å². The number of amides is 2. The number of ether oxygens (including phenoxy) is 2. The number of urea groups is 1. The summed E-state index contributed by atoms with van der Waals surface area (Å²) in [7, 11) is 2.94. The summed E-state index contributed by atoms with van der Waals surface area (Å²) in [5.41, 5.74) is 2.08. The standard InChI is InChI=1S/C18H21N3O4/c1-24-16-5-3-13(4-6-16)7-9-20-18(23)21-12-15-11-14(8-10-19-15)17(22)25-2/h3-6,8,10-11H,7,9,12H2,1-2H3,(H2,20,21,23). The van der Waals surface area contributed by atoms with E-state index in [9.17, 15) is 9.59 Å². The Bertz CT molecular complexity index is 717. The van der Waals surface area contributed by atoms with Gasteiger partial charge in [0.2, 0.25) is 0 Å². The van der Waals surface area contributed by atoms with E-state index < -0.39 is 5.97 Å². The molecule has 0 spiro atoms. The number of carbonyl (C=O) groups is 2. The number of benzene rings is 1. The topological polar surface area (TPSA) is 89.5 Å². The molecular weight excluding hydrogens is 322 g/mol. The first-order valence-electron chi connectivity index (χ1n) is 7.80. The third-order valence-corrected chi connectivity index (χ3v) is 3.53. The van der Waals surface area contributed by atoms with Crippen LogP contribution in [-0.4, -0.2) is 37.7 Å². The molecule has 0 saturated heterocycles. The van der Waals surface area contributed by atoms with E-state index in [0.717, 1.165) is 11.3 Å². The Morgan fingerprint density at radius 3 is 2.52 bits per heavy atom. The van der Waals surface area contributed by atoms with E-state index in [2.05, 4.69) is 20.4 Å². The number of hydrogen-bond acceptors (Lipinski definition) is 5. The van der Waals surface area contributed by atoms with E-state index in [4.69, 9.17) is 4.74 Å². The monoisotopic (exact) mass is 343 g/mol. The normalized spacial score (nSPS) is 10.0. The molecule has 0 bridgehead atoms. The second-order valence-electron chi connectivity index (χ2n) is 5.23. The molecular formula is C18H21N3O4. The molecule has 2 N–H and O–H groups in total. The van der Waals surface area contributed by atoms with Gasteiger partial charge in [-0.05, 0) is 36.2 Å². The lowest BCUT2D eigenvalue weighted by Gasteiger charge is -2.08. The molecule has 0 aliphatic carbocycles. The summed E-state index contributed by atoms with van der Waals surface area (Å²) in [6.07, 6.45) is 2.22. The van der Waals surface area contributed by atoms with E-state index >= 15 is 0 Å². The number of rotatable bonds is 7. The summed E-state index contributed by atoms with van der Waals surface area (Å²) < 4.78 is 9.75. The van der Waals surface area contributed by atoms with Crippen LogP contribution in [0.1, 0.15) is 21.6 Å². The van der Waals surface area contributed by atoms with Crippen LogP contribution in [0.4, 0.5) is 4.79 Å². The summed E-state index contributed by atoms with van der Waals surface area (Å²) >= 11 is 0. The van der Waals surface area contributed by atoms with Gasteiger partial charge >= 0.3 is 12.0 Å². The van der Waals surface area contributed by atoms with Gasteiger partial charge in [-0.3, -0.25) is 4.98 Å². The Hall–Kier alpha value is -3.09. The third kappa shape index (κ3) is 5.80. The second kappa shape index (κ2) is 9.27. The number of aromatic nitrogens is 1. The van der Waals surface area contributed by atoms with Crippen LogP contribution in [0.5, 0.6) is 5.75 Å². The van der Waals surface area contributed by atoms with Crippen molar-refractivity contribution in [2.24, 2.45) is 0 Å². The second-order valence-corrected chi connectivity index (χ2v) is 5.23. The Kier molecular flexibility index (Phi) is 6.76. The molecule has 2 aromatic rings. The minimum absolute atomic E-state index is 0.221. The van der Waals surface area contributed by atoms with Crippen LogP contribution < -0.4 is 15.4 Å². The van der Waals surface area contributed by atoms with Crippen molar-refractivity contribution in [1.82, 2.24) is 15.6 Å². The highest BCUT2D eigenvalue weighted by molar-refractivity contribution is 5.89. The van der Waals surface area contributed by atoms with Crippen molar-refractivity contribution in [3.05, 3.63) is 59.4 Å². The predicted molar refractivity (Wildman–Crippen MR) is 92.5 cm³/mol. The predicted octanol–water partition coefficient (Wildman–Crippen LogP) is 1.92. The lowest BCUT2D eigenvalue weighted by Crippen LogP contribution is -2.36. The Morgan fingerprint density at radius 2 is 1.84 bits per heavy atom. The van der Waals surface area contributed by atoms with Gasteiger partial charge in [-0.1, -0.05) is 12.1 Å². The van der Waals surface area contributed by atoms with Crippen molar-refractivity contribution in [2.75, 3.05) is 20.8 Å². The molecule has 0 unspecified atom stereocenters. The molecule has 0 radical (unpaired) electrons. The van der Waals surface area contributed by atoms with Gasteiger partial charge in [0, 0.05) is 12.7 Å². The first-order valence-corrected chi connectivity index (χ1v) is 7.80. The highest BCUT2D eigenvalue weighted by atomic mass is 16.5. The highest BCUT2D eigenvalue weighted by Crippen LogP contribution is 2.11. The summed E-state index contributed by atoms with van der Waals surface area (Å²) in [5, 5.41) is 5.48. The molecule has 2 amide bonds. The quantitative estimate of drug-likeness (QED) is 0.750. The zero-order valence-electron chi connectivity index (χ0n) is 14.2. The highest BCUT2D eigenvalue weighted by Gasteiger charge is 2.07. The van der Waals surface area contributed by atoms with Gasteiger partial charge in [-0.25, -0.2) is 9.59 Å². The summed E-state index contributed by atoms with van der Waals surface area (Å²) in [6, 6.07) is 10.5. The Labute approximate surface area is 146 Å². The maximum Gasteiger partial charge on any atom is 0.337 e. The van der Waals surface area contributed by atoms with E-state index in [0.29, 0.717) is 24.2 Å². The maximum atomic E-state index is 11.8. The van der Waals surface area contributed by atoms with Crippen LogP contribution >= 0.6 is 0 Å². The number of nitrogens with one attached hydrogen (secondary N) is 2. The average Bonchev–Trinajstić information content (AvgIpc) is 2.66. The molecule has 0 aliphatic heterocycles. The molecule has 0 aliphatic rings. The molecule has 7 nitrogen and oxygen atoms in total. The van der Waals surface area contributed by atoms with E-state index in [1.807, 2.05) is 24.3 Å². The van der Waals surface area contributed by atoms with Crippen LogP contribution in [0.25, 0.3) is 0 Å². The molecule has 1 aromatic heterocycles. The number of nitrogens with zero attached hydrogens (tertiary/aromatic N) is 1. The zero-order chi connectivity index (χ0) is 18.1. The molecule has 0 fully saturated rings. The van der Waals surface area contributed by atoms with Crippen molar-refractivity contribution in [3.63, 3.8) is 0 Å². The van der Waals surface area contributed by atoms with Crippen LogP contribution in [0.15, 0.2) is 42.6 Å². The number of carbonyl (C=O) groups excluding carboxylic acids is 2. The molecule has 0 atom stereocenters. The minimum Gasteiger partial charge on any atom is -0.497 e. The molecule has 2 rings (SSSR count). The van der Waals surface area contributed by atoms with Gasteiger partial charge in [0.25, 0.3) is 0 Å². The summed E-state index contributed by atoms with van der Waals surface area (Å²) in [5.74, 6) is 0.365. The van der Waals surface area contributed by atoms with E-state index in [1.54, 1.807) is 19.2 Å². The average molecular weight is 343 g/mol. The number of esters is 1. The fraction of sp³-hybridized carbons (Fsp3) is 0.278. The largest absolute Gasteiger partial charge is 0.497 e. The van der Waals surface area contributed by atoms with Gasteiger partial charge in [-0.2, -0.15) is 0 Å². The Morgan fingerprint density at radius 1 is 1.08 bits per heavy atom. The smallest absolute Gasteiger partial charge is 0.337 e. The van der Waals surface area contributed by atoms with Crippen molar-refractivity contribution >= 4 is 12.0 Å². The number of pyridine rings is 1. The Balaban J connectivity index is 1.74. The zero-order valence-corrected chi connectivity index (χ0v) is 14.2. The molecule has 25 heavy (non-hydrogen) atoms. The molecule has 7 heteroatoms. The van der Waals surface area contributed by atoms with E-state index in [-0.39, 0.29) is 12.6 Å². The fourth-order valence-electron chi connectivity index (χ4n) is 2.17. The van der Waals surface area contributed by atoms with E-state index in [1.165, 1.54) is 13.3 Å². The molecule has 132 valence electrons. The molecule has 1 heterocycles. The van der Waals surface area contributed by atoms with Crippen molar-refractivity contribution in [3.8, 4) is 5.75 Å². The lowest BCUT2D eigenvalue weighted by molar-refractivity contribution is 0.0600. The van der Waals surface area contributed by atoms with Gasteiger partial charge in [0.1, 0.15) is 5.75 Å². The molecule has 1 aromatic carbocycles. The van der Waals surface area contributed by atoms with Crippen LogP contribution in [0.3, 0.4) is 0 Å². The molecule has 0 saturated carbocycles.